The first-order valence-corrected chi connectivity index (χ1v) is 5.71. The SMILES string of the molecule is CCOc1ccc(N)cc1CN1C(=O)CNC1=O. The highest BCUT2D eigenvalue weighted by Crippen LogP contribution is 2.23. The third kappa shape index (κ3) is 2.37. The Hall–Kier alpha value is -2.24. The molecule has 0 unspecified atom stereocenters. The number of carbonyl (C=O) groups excluding carboxylic acids is 2. The summed E-state index contributed by atoms with van der Waals surface area (Å²) in [5.41, 5.74) is 7.00. The van der Waals surface area contributed by atoms with E-state index >= 15 is 0 Å². The molecule has 2 rings (SSSR count). The van der Waals surface area contributed by atoms with Crippen molar-refractivity contribution in [1.29, 1.82) is 0 Å². The maximum Gasteiger partial charge on any atom is 0.324 e. The van der Waals surface area contributed by atoms with Crippen LogP contribution in [0.5, 0.6) is 5.75 Å². The van der Waals surface area contributed by atoms with Crippen molar-refractivity contribution >= 4 is 17.6 Å². The van der Waals surface area contributed by atoms with Crippen molar-refractivity contribution in [3.05, 3.63) is 23.8 Å². The van der Waals surface area contributed by atoms with Gasteiger partial charge >= 0.3 is 6.03 Å². The van der Waals surface area contributed by atoms with Crippen molar-refractivity contribution in [3.63, 3.8) is 0 Å². The fraction of sp³-hybridized carbons (Fsp3) is 0.333. The number of nitrogen functional groups attached to an aromatic ring is 1. The molecule has 96 valence electrons. The molecule has 0 spiro atoms. The standard InChI is InChI=1S/C12H15N3O3/c1-2-18-10-4-3-9(13)5-8(10)7-15-11(16)6-14-12(15)17/h3-5H,2,6-7,13H2,1H3,(H,14,17). The van der Waals surface area contributed by atoms with Crippen molar-refractivity contribution in [1.82, 2.24) is 10.2 Å². The quantitative estimate of drug-likeness (QED) is 0.608. The van der Waals surface area contributed by atoms with Gasteiger partial charge in [-0.15, -0.1) is 0 Å². The number of amides is 3. The van der Waals surface area contributed by atoms with E-state index in [1.54, 1.807) is 18.2 Å². The minimum absolute atomic E-state index is 0.0467. The zero-order valence-electron chi connectivity index (χ0n) is 10.1. The van der Waals surface area contributed by atoms with Crippen LogP contribution in [0.25, 0.3) is 0 Å². The maximum absolute atomic E-state index is 11.5. The summed E-state index contributed by atoms with van der Waals surface area (Å²) in [5.74, 6) is 0.393. The van der Waals surface area contributed by atoms with Crippen LogP contribution in [0.15, 0.2) is 18.2 Å². The normalized spacial score (nSPS) is 14.8. The summed E-state index contributed by atoms with van der Waals surface area (Å²) in [5, 5.41) is 2.47. The summed E-state index contributed by atoms with van der Waals surface area (Å²) in [6.07, 6.45) is 0. The van der Waals surface area contributed by atoms with Gasteiger partial charge in [0.05, 0.1) is 19.7 Å². The molecule has 1 aromatic rings. The largest absolute Gasteiger partial charge is 0.494 e. The molecule has 0 saturated carbocycles. The number of urea groups is 1. The molecule has 0 atom stereocenters. The Bertz CT molecular complexity index is 471. The minimum atomic E-state index is -0.384. The second-order valence-electron chi connectivity index (χ2n) is 3.94. The Morgan fingerprint density at radius 2 is 2.22 bits per heavy atom. The summed E-state index contributed by atoms with van der Waals surface area (Å²) >= 11 is 0. The second-order valence-corrected chi connectivity index (χ2v) is 3.94. The summed E-state index contributed by atoms with van der Waals surface area (Å²) < 4.78 is 5.45. The van der Waals surface area contributed by atoms with Gasteiger partial charge < -0.3 is 15.8 Å². The van der Waals surface area contributed by atoms with E-state index < -0.39 is 0 Å². The van der Waals surface area contributed by atoms with Gasteiger partial charge in [-0.1, -0.05) is 0 Å². The number of anilines is 1. The Morgan fingerprint density at radius 1 is 1.44 bits per heavy atom. The molecule has 18 heavy (non-hydrogen) atoms. The van der Waals surface area contributed by atoms with Crippen molar-refractivity contribution in [2.75, 3.05) is 18.9 Å². The van der Waals surface area contributed by atoms with Gasteiger partial charge in [0.2, 0.25) is 5.91 Å². The van der Waals surface area contributed by atoms with Crippen LogP contribution in [0.1, 0.15) is 12.5 Å². The van der Waals surface area contributed by atoms with E-state index in [0.29, 0.717) is 18.0 Å². The van der Waals surface area contributed by atoms with Crippen LogP contribution in [0.3, 0.4) is 0 Å². The molecule has 0 radical (unpaired) electrons. The first-order chi connectivity index (χ1) is 8.61. The zero-order chi connectivity index (χ0) is 13.1. The van der Waals surface area contributed by atoms with Gasteiger partial charge in [0.25, 0.3) is 0 Å². The average Bonchev–Trinajstić information content (AvgIpc) is 2.64. The van der Waals surface area contributed by atoms with Crippen LogP contribution in [0.4, 0.5) is 10.5 Å². The van der Waals surface area contributed by atoms with Gasteiger partial charge in [-0.2, -0.15) is 0 Å². The van der Waals surface area contributed by atoms with Gasteiger partial charge in [0.1, 0.15) is 5.75 Å². The number of carbonyl (C=O) groups is 2. The highest BCUT2D eigenvalue weighted by Gasteiger charge is 2.29. The minimum Gasteiger partial charge on any atom is -0.494 e. The lowest BCUT2D eigenvalue weighted by Crippen LogP contribution is -2.30. The molecule has 0 aliphatic carbocycles. The monoisotopic (exact) mass is 249 g/mol. The lowest BCUT2D eigenvalue weighted by atomic mass is 10.1. The van der Waals surface area contributed by atoms with Crippen LogP contribution < -0.4 is 15.8 Å². The fourth-order valence-corrected chi connectivity index (χ4v) is 1.80. The molecule has 1 aliphatic rings. The molecule has 1 saturated heterocycles. The van der Waals surface area contributed by atoms with E-state index in [-0.39, 0.29) is 25.0 Å². The smallest absolute Gasteiger partial charge is 0.324 e. The number of hydrogen-bond acceptors (Lipinski definition) is 4. The van der Waals surface area contributed by atoms with E-state index in [2.05, 4.69) is 5.32 Å². The number of hydrogen-bond donors (Lipinski definition) is 2. The van der Waals surface area contributed by atoms with Gasteiger partial charge in [-0.25, -0.2) is 4.79 Å². The van der Waals surface area contributed by atoms with Crippen molar-refractivity contribution in [3.8, 4) is 5.75 Å². The van der Waals surface area contributed by atoms with E-state index in [9.17, 15) is 9.59 Å². The number of nitrogens with one attached hydrogen (secondary N) is 1. The van der Waals surface area contributed by atoms with Crippen molar-refractivity contribution in [2.45, 2.75) is 13.5 Å². The predicted octanol–water partition coefficient (Wildman–Crippen LogP) is 0.719. The predicted molar refractivity (Wildman–Crippen MR) is 66.0 cm³/mol. The van der Waals surface area contributed by atoms with E-state index in [0.717, 1.165) is 10.5 Å². The van der Waals surface area contributed by atoms with Gasteiger partial charge in [0, 0.05) is 11.3 Å². The first-order valence-electron chi connectivity index (χ1n) is 5.71. The van der Waals surface area contributed by atoms with Crippen molar-refractivity contribution < 1.29 is 14.3 Å². The van der Waals surface area contributed by atoms with Crippen LogP contribution >= 0.6 is 0 Å². The second kappa shape index (κ2) is 4.95. The number of rotatable bonds is 4. The van der Waals surface area contributed by atoms with Gasteiger partial charge in [-0.3, -0.25) is 9.69 Å². The highest BCUT2D eigenvalue weighted by atomic mass is 16.5. The first kappa shape index (κ1) is 12.2. The summed E-state index contributed by atoms with van der Waals surface area (Å²) in [4.78, 5) is 24.1. The lowest BCUT2D eigenvalue weighted by molar-refractivity contribution is -0.125. The zero-order valence-corrected chi connectivity index (χ0v) is 10.1. The number of imide groups is 1. The number of nitrogens with two attached hydrogens (primary N) is 1. The molecule has 3 N–H and O–H groups in total. The molecule has 6 heteroatoms. The molecule has 0 bridgehead atoms. The number of benzene rings is 1. The number of nitrogens with zero attached hydrogens (tertiary/aromatic N) is 1. The highest BCUT2D eigenvalue weighted by molar-refractivity contribution is 6.01. The molecule has 1 fully saturated rings. The Morgan fingerprint density at radius 3 is 2.83 bits per heavy atom. The molecular formula is C12H15N3O3. The van der Waals surface area contributed by atoms with Crippen LogP contribution in [-0.2, 0) is 11.3 Å². The Labute approximate surface area is 105 Å². The number of ether oxygens (including phenoxy) is 1. The molecular weight excluding hydrogens is 234 g/mol. The summed E-state index contributed by atoms with van der Waals surface area (Å²) in [6, 6.07) is 4.79. The maximum atomic E-state index is 11.5. The van der Waals surface area contributed by atoms with Gasteiger partial charge in [-0.05, 0) is 25.1 Å². The molecule has 0 aromatic heterocycles. The van der Waals surface area contributed by atoms with E-state index in [1.165, 1.54) is 0 Å². The van der Waals surface area contributed by atoms with E-state index in [1.807, 2.05) is 6.92 Å². The van der Waals surface area contributed by atoms with Crippen LogP contribution in [0.2, 0.25) is 0 Å². The van der Waals surface area contributed by atoms with Crippen LogP contribution in [-0.4, -0.2) is 30.0 Å². The van der Waals surface area contributed by atoms with E-state index in [4.69, 9.17) is 10.5 Å². The molecule has 6 nitrogen and oxygen atoms in total. The fourth-order valence-electron chi connectivity index (χ4n) is 1.80. The molecule has 1 heterocycles. The summed E-state index contributed by atoms with van der Waals surface area (Å²) in [7, 11) is 0. The summed E-state index contributed by atoms with van der Waals surface area (Å²) in [6.45, 7) is 2.60. The lowest BCUT2D eigenvalue weighted by Gasteiger charge is -2.16. The van der Waals surface area contributed by atoms with Crippen molar-refractivity contribution in [2.24, 2.45) is 0 Å². The third-order valence-corrected chi connectivity index (χ3v) is 2.65. The topological polar surface area (TPSA) is 84.7 Å². The average molecular weight is 249 g/mol. The molecule has 1 aliphatic heterocycles. The molecule has 3 amide bonds. The molecule has 1 aromatic carbocycles. The van der Waals surface area contributed by atoms with Gasteiger partial charge in [0.15, 0.2) is 0 Å². The Balaban J connectivity index is 2.24. The third-order valence-electron chi connectivity index (χ3n) is 2.65. The van der Waals surface area contributed by atoms with Crippen LogP contribution in [0, 0.1) is 0 Å². The Kier molecular flexibility index (Phi) is 3.36.